The molecule has 4 amide bonds. The van der Waals surface area contributed by atoms with Crippen molar-refractivity contribution >= 4 is 51.6 Å². The standard InChI is InChI=1S/C32H29N5O4/c1-3-18-8-13-25-23(14-18)32(31(41)35-25)28-27(26(36-32)15-19-16-33-24-7-5-4-6-22(19)24)29(39)37(30(28)40)21-11-9-20(10-12-21)34-17(2)38/h4-14,16,26-28,33,36H,3,15H2,1-2H3,(H,34,38)(H,35,41)/t26-,27+,28-,32-/m0/s1. The molecule has 3 aliphatic rings. The lowest BCUT2D eigenvalue weighted by Crippen LogP contribution is -2.53. The molecule has 1 aromatic heterocycles. The van der Waals surface area contributed by atoms with Crippen LogP contribution in [0, 0.1) is 11.8 Å². The molecule has 206 valence electrons. The van der Waals surface area contributed by atoms with Crippen LogP contribution >= 0.6 is 0 Å². The van der Waals surface area contributed by atoms with Gasteiger partial charge in [0.05, 0.1) is 17.5 Å². The highest BCUT2D eigenvalue weighted by molar-refractivity contribution is 6.26. The van der Waals surface area contributed by atoms with E-state index in [2.05, 4.69) is 20.9 Å². The molecule has 4 N–H and O–H groups in total. The van der Waals surface area contributed by atoms with Crippen LogP contribution in [0.5, 0.6) is 0 Å². The van der Waals surface area contributed by atoms with Gasteiger partial charge in [-0.05, 0) is 60.4 Å². The zero-order chi connectivity index (χ0) is 28.5. The van der Waals surface area contributed by atoms with Crippen molar-refractivity contribution in [3.63, 3.8) is 0 Å². The molecule has 0 aliphatic carbocycles. The fraction of sp³-hybridized carbons (Fsp3) is 0.250. The van der Waals surface area contributed by atoms with Crippen LogP contribution in [0.25, 0.3) is 10.9 Å². The number of nitrogens with zero attached hydrogens (tertiary/aromatic N) is 1. The Morgan fingerprint density at radius 3 is 2.54 bits per heavy atom. The molecule has 3 aromatic carbocycles. The zero-order valence-corrected chi connectivity index (χ0v) is 22.7. The number of carbonyl (C=O) groups is 4. The highest BCUT2D eigenvalue weighted by atomic mass is 16.2. The van der Waals surface area contributed by atoms with E-state index < -0.39 is 29.3 Å². The number of hydrogen-bond donors (Lipinski definition) is 4. The molecule has 7 rings (SSSR count). The summed E-state index contributed by atoms with van der Waals surface area (Å²) in [6.07, 6.45) is 3.16. The van der Waals surface area contributed by atoms with Gasteiger partial charge < -0.3 is 15.6 Å². The summed E-state index contributed by atoms with van der Waals surface area (Å²) in [6.45, 7) is 3.46. The van der Waals surface area contributed by atoms with Gasteiger partial charge in [0.15, 0.2) is 0 Å². The molecule has 0 bridgehead atoms. The van der Waals surface area contributed by atoms with Gasteiger partial charge in [-0.25, -0.2) is 4.90 Å². The van der Waals surface area contributed by atoms with Crippen LogP contribution in [0.2, 0.25) is 0 Å². The molecular weight excluding hydrogens is 518 g/mol. The summed E-state index contributed by atoms with van der Waals surface area (Å²) in [6, 6.07) is 19.9. The monoisotopic (exact) mass is 547 g/mol. The van der Waals surface area contributed by atoms with Crippen molar-refractivity contribution in [3.8, 4) is 0 Å². The average Bonchev–Trinajstić information content (AvgIpc) is 3.67. The van der Waals surface area contributed by atoms with Gasteiger partial charge in [-0.15, -0.1) is 0 Å². The summed E-state index contributed by atoms with van der Waals surface area (Å²) in [5.41, 5.74) is 4.00. The van der Waals surface area contributed by atoms with Crippen LogP contribution < -0.4 is 20.9 Å². The maximum absolute atomic E-state index is 14.3. The molecule has 9 heteroatoms. The molecule has 0 radical (unpaired) electrons. The van der Waals surface area contributed by atoms with Gasteiger partial charge in [0.1, 0.15) is 5.54 Å². The average molecular weight is 548 g/mol. The smallest absolute Gasteiger partial charge is 0.250 e. The van der Waals surface area contributed by atoms with E-state index in [1.165, 1.54) is 11.8 Å². The minimum atomic E-state index is -1.38. The number of anilines is 3. The summed E-state index contributed by atoms with van der Waals surface area (Å²) in [7, 11) is 0. The first-order valence-electron chi connectivity index (χ1n) is 13.8. The van der Waals surface area contributed by atoms with Gasteiger partial charge >= 0.3 is 0 Å². The van der Waals surface area contributed by atoms with E-state index in [1.54, 1.807) is 24.3 Å². The third-order valence-electron chi connectivity index (χ3n) is 8.75. The second-order valence-corrected chi connectivity index (χ2v) is 11.1. The lowest BCUT2D eigenvalue weighted by molar-refractivity contribution is -0.130. The Balaban J connectivity index is 1.34. The van der Waals surface area contributed by atoms with Crippen molar-refractivity contribution < 1.29 is 19.2 Å². The molecule has 4 aromatic rings. The van der Waals surface area contributed by atoms with Crippen LogP contribution in [-0.2, 0) is 37.6 Å². The van der Waals surface area contributed by atoms with Crippen molar-refractivity contribution in [1.82, 2.24) is 10.3 Å². The van der Waals surface area contributed by atoms with Crippen molar-refractivity contribution in [2.45, 2.75) is 38.3 Å². The molecule has 4 atom stereocenters. The Kier molecular flexibility index (Phi) is 5.62. The van der Waals surface area contributed by atoms with Crippen LogP contribution in [0.15, 0.2) is 72.9 Å². The van der Waals surface area contributed by atoms with E-state index in [0.717, 1.165) is 28.5 Å². The molecule has 0 unspecified atom stereocenters. The number of fused-ring (bicyclic) bond motifs is 5. The minimum Gasteiger partial charge on any atom is -0.361 e. The number of hydrogen-bond acceptors (Lipinski definition) is 5. The zero-order valence-electron chi connectivity index (χ0n) is 22.7. The third-order valence-corrected chi connectivity index (χ3v) is 8.75. The van der Waals surface area contributed by atoms with Gasteiger partial charge in [0, 0.05) is 47.0 Å². The Hall–Kier alpha value is -4.76. The fourth-order valence-electron chi connectivity index (χ4n) is 6.93. The van der Waals surface area contributed by atoms with Crippen LogP contribution in [-0.4, -0.2) is 34.7 Å². The number of carbonyl (C=O) groups excluding carboxylic acids is 4. The quantitative estimate of drug-likeness (QED) is 0.283. The molecule has 2 fully saturated rings. The topological polar surface area (TPSA) is 123 Å². The number of rotatable bonds is 5. The van der Waals surface area contributed by atoms with Crippen LogP contribution in [0.1, 0.15) is 30.5 Å². The summed E-state index contributed by atoms with van der Waals surface area (Å²) in [5, 5.41) is 10.3. The summed E-state index contributed by atoms with van der Waals surface area (Å²) >= 11 is 0. The summed E-state index contributed by atoms with van der Waals surface area (Å²) in [4.78, 5) is 58.4. The maximum atomic E-state index is 14.3. The van der Waals surface area contributed by atoms with Gasteiger partial charge in [-0.1, -0.05) is 37.3 Å². The molecule has 2 saturated heterocycles. The number of nitrogens with one attached hydrogen (secondary N) is 4. The number of para-hydroxylation sites is 1. The molecule has 9 nitrogen and oxygen atoms in total. The van der Waals surface area contributed by atoms with E-state index in [1.807, 2.05) is 55.6 Å². The lowest BCUT2D eigenvalue weighted by Gasteiger charge is -2.30. The Bertz CT molecular complexity index is 1760. The van der Waals surface area contributed by atoms with Crippen molar-refractivity contribution in [1.29, 1.82) is 0 Å². The Morgan fingerprint density at radius 1 is 1.00 bits per heavy atom. The van der Waals surface area contributed by atoms with Crippen LogP contribution in [0.3, 0.4) is 0 Å². The number of aryl methyl sites for hydroxylation is 1. The SMILES string of the molecule is CCc1ccc2c(c1)[C@@]1(N[C@@H](Cc3c[nH]c4ccccc34)[C@H]3C(=O)N(c4ccc(NC(C)=O)cc4)C(=O)[C@H]31)C(=O)N2. The number of H-pyrrole nitrogens is 1. The highest BCUT2D eigenvalue weighted by Crippen LogP contribution is 2.54. The minimum absolute atomic E-state index is 0.217. The van der Waals surface area contributed by atoms with Gasteiger partial charge in [-0.3, -0.25) is 24.5 Å². The van der Waals surface area contributed by atoms with Gasteiger partial charge in [-0.2, -0.15) is 0 Å². The second kappa shape index (κ2) is 9.14. The van der Waals surface area contributed by atoms with E-state index in [-0.39, 0.29) is 17.7 Å². The summed E-state index contributed by atoms with van der Waals surface area (Å²) < 4.78 is 0. The molecule has 4 heterocycles. The van der Waals surface area contributed by atoms with Crippen LogP contribution in [0.4, 0.5) is 17.1 Å². The third kappa shape index (κ3) is 3.65. The van der Waals surface area contributed by atoms with E-state index >= 15 is 0 Å². The number of amides is 4. The van der Waals surface area contributed by atoms with Crippen molar-refractivity contribution in [2.75, 3.05) is 15.5 Å². The second-order valence-electron chi connectivity index (χ2n) is 11.1. The fourth-order valence-corrected chi connectivity index (χ4v) is 6.93. The number of aromatic nitrogens is 1. The van der Waals surface area contributed by atoms with E-state index in [4.69, 9.17) is 0 Å². The summed E-state index contributed by atoms with van der Waals surface area (Å²) in [5.74, 6) is -2.96. The first-order valence-corrected chi connectivity index (χ1v) is 13.8. The molecule has 41 heavy (non-hydrogen) atoms. The van der Waals surface area contributed by atoms with Gasteiger partial charge in [0.25, 0.3) is 0 Å². The Labute approximate surface area is 236 Å². The predicted octanol–water partition coefficient (Wildman–Crippen LogP) is 3.86. The Morgan fingerprint density at radius 2 is 1.78 bits per heavy atom. The van der Waals surface area contributed by atoms with E-state index in [0.29, 0.717) is 29.0 Å². The maximum Gasteiger partial charge on any atom is 0.250 e. The number of benzene rings is 3. The predicted molar refractivity (Wildman–Crippen MR) is 155 cm³/mol. The lowest BCUT2D eigenvalue weighted by atomic mass is 9.76. The normalized spacial score (nSPS) is 24.7. The first-order chi connectivity index (χ1) is 19.8. The largest absolute Gasteiger partial charge is 0.361 e. The van der Waals surface area contributed by atoms with E-state index in [9.17, 15) is 19.2 Å². The number of aromatic amines is 1. The first kappa shape index (κ1) is 25.2. The number of imide groups is 1. The molecular formula is C32H29N5O4. The molecule has 3 aliphatic heterocycles. The van der Waals surface area contributed by atoms with Crippen molar-refractivity contribution in [3.05, 3.63) is 89.6 Å². The highest BCUT2D eigenvalue weighted by Gasteiger charge is 2.70. The van der Waals surface area contributed by atoms with Crippen molar-refractivity contribution in [2.24, 2.45) is 11.8 Å². The van der Waals surface area contributed by atoms with Gasteiger partial charge in [0.2, 0.25) is 23.6 Å². The molecule has 0 saturated carbocycles. The molecule has 1 spiro atoms.